The first-order valence-corrected chi connectivity index (χ1v) is 11.8. The van der Waals surface area contributed by atoms with Gasteiger partial charge in [-0.1, -0.05) is 60.2 Å². The molecule has 5 heteroatoms. The lowest BCUT2D eigenvalue weighted by atomic mass is 9.88. The van der Waals surface area contributed by atoms with E-state index in [2.05, 4.69) is 29.2 Å². The van der Waals surface area contributed by atoms with Crippen molar-refractivity contribution >= 4 is 17.4 Å². The van der Waals surface area contributed by atoms with Crippen molar-refractivity contribution in [2.75, 3.05) is 31.6 Å². The van der Waals surface area contributed by atoms with Crippen molar-refractivity contribution in [1.29, 1.82) is 0 Å². The molecule has 0 aromatic heterocycles. The minimum atomic E-state index is -0.384. The quantitative estimate of drug-likeness (QED) is 0.422. The second kappa shape index (κ2) is 11.1. The van der Waals surface area contributed by atoms with Crippen LogP contribution in [0.3, 0.4) is 0 Å². The summed E-state index contributed by atoms with van der Waals surface area (Å²) >= 11 is 0. The molecule has 0 saturated carbocycles. The fourth-order valence-corrected chi connectivity index (χ4v) is 4.47. The van der Waals surface area contributed by atoms with Crippen molar-refractivity contribution in [3.05, 3.63) is 107 Å². The first kappa shape index (κ1) is 23.7. The molecule has 1 aliphatic rings. The van der Waals surface area contributed by atoms with Crippen LogP contribution in [0.4, 0.5) is 14.9 Å². The van der Waals surface area contributed by atoms with Crippen LogP contribution in [-0.2, 0) is 11.3 Å². The lowest BCUT2D eigenvalue weighted by molar-refractivity contribution is 0.161. The molecule has 0 radical (unpaired) electrons. The van der Waals surface area contributed by atoms with Crippen molar-refractivity contribution in [1.82, 2.24) is 4.90 Å². The number of hydrogen-bond donors (Lipinski definition) is 0. The molecule has 0 atom stereocenters. The molecule has 0 N–H and O–H groups in total. The number of ether oxygens (including phenoxy) is 1. The molecule has 1 fully saturated rings. The van der Waals surface area contributed by atoms with Crippen LogP contribution in [0.1, 0.15) is 36.5 Å². The minimum absolute atomic E-state index is 0.240. The summed E-state index contributed by atoms with van der Waals surface area (Å²) in [5.41, 5.74) is 6.41. The molecule has 0 bridgehead atoms. The number of carbonyl (C=O) groups is 1. The predicted octanol–water partition coefficient (Wildman–Crippen LogP) is 6.52. The zero-order chi connectivity index (χ0) is 23.9. The van der Waals surface area contributed by atoms with Gasteiger partial charge in [0.2, 0.25) is 0 Å². The normalized spacial score (nSPS) is 14.0. The first-order chi connectivity index (χ1) is 16.5. The van der Waals surface area contributed by atoms with Crippen molar-refractivity contribution in [3.63, 3.8) is 0 Å². The summed E-state index contributed by atoms with van der Waals surface area (Å²) in [6, 6.07) is 25.2. The van der Waals surface area contributed by atoms with Gasteiger partial charge in [0, 0.05) is 32.4 Å². The van der Waals surface area contributed by atoms with E-state index in [0.29, 0.717) is 6.61 Å². The number of hydrogen-bond acceptors (Lipinski definition) is 3. The third kappa shape index (κ3) is 5.72. The van der Waals surface area contributed by atoms with Gasteiger partial charge in [0.15, 0.2) is 0 Å². The van der Waals surface area contributed by atoms with Crippen LogP contribution in [0.2, 0.25) is 0 Å². The van der Waals surface area contributed by atoms with Gasteiger partial charge in [0.1, 0.15) is 5.82 Å². The van der Waals surface area contributed by atoms with E-state index < -0.39 is 0 Å². The highest BCUT2D eigenvalue weighted by Gasteiger charge is 2.20. The summed E-state index contributed by atoms with van der Waals surface area (Å²) in [6.45, 7) is 4.99. The fourth-order valence-electron chi connectivity index (χ4n) is 4.47. The fraction of sp³-hybridized carbons (Fsp3) is 0.276. The number of anilines is 1. The van der Waals surface area contributed by atoms with Crippen LogP contribution < -0.4 is 4.90 Å². The van der Waals surface area contributed by atoms with Crippen LogP contribution in [0.25, 0.3) is 5.57 Å². The van der Waals surface area contributed by atoms with Gasteiger partial charge in [-0.25, -0.2) is 9.18 Å². The number of piperidine rings is 1. The van der Waals surface area contributed by atoms with Crippen molar-refractivity contribution in [2.45, 2.75) is 26.3 Å². The smallest absolute Gasteiger partial charge is 0.413 e. The molecule has 0 unspecified atom stereocenters. The van der Waals surface area contributed by atoms with Crippen molar-refractivity contribution in [3.8, 4) is 0 Å². The maximum absolute atomic E-state index is 14.2. The van der Waals surface area contributed by atoms with Gasteiger partial charge in [-0.2, -0.15) is 0 Å². The van der Waals surface area contributed by atoms with E-state index in [1.165, 1.54) is 22.1 Å². The molecule has 1 saturated heterocycles. The molecule has 4 rings (SSSR count). The van der Waals surface area contributed by atoms with Crippen LogP contribution >= 0.6 is 0 Å². The zero-order valence-corrected chi connectivity index (χ0v) is 19.8. The van der Waals surface area contributed by atoms with Gasteiger partial charge < -0.3 is 4.74 Å². The summed E-state index contributed by atoms with van der Waals surface area (Å²) < 4.78 is 19.3. The number of amides is 1. The number of likely N-dealkylation sites (tertiary alicyclic amines) is 1. The van der Waals surface area contributed by atoms with Crippen LogP contribution in [0.5, 0.6) is 0 Å². The summed E-state index contributed by atoms with van der Waals surface area (Å²) in [6.07, 6.45) is 1.48. The third-order valence-electron chi connectivity index (χ3n) is 6.26. The Balaban J connectivity index is 1.59. The highest BCUT2D eigenvalue weighted by atomic mass is 19.1. The largest absolute Gasteiger partial charge is 0.449 e. The number of carbonyl (C=O) groups excluding carboxylic acids is 1. The maximum Gasteiger partial charge on any atom is 0.413 e. The number of nitrogens with zero attached hydrogens (tertiary/aromatic N) is 2. The Morgan fingerprint density at radius 3 is 2.29 bits per heavy atom. The molecule has 0 aliphatic carbocycles. The molecule has 1 aliphatic heterocycles. The predicted molar refractivity (Wildman–Crippen MR) is 135 cm³/mol. The Kier molecular flexibility index (Phi) is 7.76. The highest BCUT2D eigenvalue weighted by Crippen LogP contribution is 2.34. The van der Waals surface area contributed by atoms with Gasteiger partial charge in [-0.15, -0.1) is 0 Å². The number of halogens is 1. The summed E-state index contributed by atoms with van der Waals surface area (Å²) in [5.74, 6) is -0.240. The summed E-state index contributed by atoms with van der Waals surface area (Å²) in [5, 5.41) is 0. The van der Waals surface area contributed by atoms with E-state index in [1.54, 1.807) is 26.1 Å². The van der Waals surface area contributed by atoms with Gasteiger partial charge >= 0.3 is 6.09 Å². The lowest BCUT2D eigenvalue weighted by Gasteiger charge is -2.30. The summed E-state index contributed by atoms with van der Waals surface area (Å²) in [4.78, 5) is 16.0. The van der Waals surface area contributed by atoms with E-state index in [4.69, 9.17) is 4.74 Å². The standard InChI is InChI=1S/C29H31FN2O2/c1-3-34-29(33)31(2)27-14-12-23(13-15-27)28(25-10-7-11-26(30)20-25)24-16-18-32(19-17-24)21-22-8-5-4-6-9-22/h4-15,20H,3,16-19,21H2,1-2H3. The Morgan fingerprint density at radius 1 is 0.941 bits per heavy atom. The summed E-state index contributed by atoms with van der Waals surface area (Å²) in [7, 11) is 1.70. The Morgan fingerprint density at radius 2 is 1.65 bits per heavy atom. The number of rotatable bonds is 6. The van der Waals surface area contributed by atoms with Crippen LogP contribution in [-0.4, -0.2) is 37.7 Å². The average molecular weight is 459 g/mol. The minimum Gasteiger partial charge on any atom is -0.449 e. The molecular weight excluding hydrogens is 427 g/mol. The highest BCUT2D eigenvalue weighted by molar-refractivity contribution is 5.88. The average Bonchev–Trinajstić information content (AvgIpc) is 2.86. The van der Waals surface area contributed by atoms with Crippen LogP contribution in [0.15, 0.2) is 84.4 Å². The van der Waals surface area contributed by atoms with E-state index in [-0.39, 0.29) is 11.9 Å². The molecule has 176 valence electrons. The van der Waals surface area contributed by atoms with E-state index >= 15 is 0 Å². The van der Waals surface area contributed by atoms with Crippen LogP contribution in [0, 0.1) is 5.82 Å². The Labute approximate surface area is 201 Å². The lowest BCUT2D eigenvalue weighted by Crippen LogP contribution is -2.30. The zero-order valence-electron chi connectivity index (χ0n) is 19.8. The molecular formula is C29H31FN2O2. The second-order valence-corrected chi connectivity index (χ2v) is 8.56. The van der Waals surface area contributed by atoms with Gasteiger partial charge in [-0.3, -0.25) is 9.80 Å². The van der Waals surface area contributed by atoms with E-state index in [1.807, 2.05) is 36.4 Å². The number of benzene rings is 3. The Bertz CT molecular complexity index is 1130. The maximum atomic E-state index is 14.2. The van der Waals surface area contributed by atoms with Crippen molar-refractivity contribution < 1.29 is 13.9 Å². The van der Waals surface area contributed by atoms with Gasteiger partial charge in [0.25, 0.3) is 0 Å². The topological polar surface area (TPSA) is 32.8 Å². The second-order valence-electron chi connectivity index (χ2n) is 8.56. The molecule has 4 nitrogen and oxygen atoms in total. The van der Waals surface area contributed by atoms with Crippen molar-refractivity contribution in [2.24, 2.45) is 0 Å². The molecule has 3 aromatic rings. The molecule has 1 amide bonds. The molecule has 3 aromatic carbocycles. The van der Waals surface area contributed by atoms with E-state index in [0.717, 1.165) is 54.9 Å². The third-order valence-corrected chi connectivity index (χ3v) is 6.26. The Hall–Kier alpha value is -3.44. The monoisotopic (exact) mass is 458 g/mol. The molecule has 34 heavy (non-hydrogen) atoms. The van der Waals surface area contributed by atoms with Gasteiger partial charge in [0.05, 0.1) is 6.61 Å². The molecule has 0 spiro atoms. The first-order valence-electron chi connectivity index (χ1n) is 11.8. The SMILES string of the molecule is CCOC(=O)N(C)c1ccc(C(=C2CCN(Cc3ccccc3)CC2)c2cccc(F)c2)cc1. The van der Waals surface area contributed by atoms with E-state index in [9.17, 15) is 9.18 Å². The van der Waals surface area contributed by atoms with Gasteiger partial charge in [-0.05, 0) is 66.3 Å². The molecule has 1 heterocycles.